The van der Waals surface area contributed by atoms with Gasteiger partial charge in [-0.15, -0.1) is 0 Å². The first-order chi connectivity index (χ1) is 14.2. The first-order valence-corrected chi connectivity index (χ1v) is 10.2. The smallest absolute Gasteiger partial charge is 0.261 e. The van der Waals surface area contributed by atoms with Gasteiger partial charge in [0.05, 0.1) is 24.5 Å². The first-order valence-electron chi connectivity index (χ1n) is 9.79. The van der Waals surface area contributed by atoms with E-state index < -0.39 is 0 Å². The highest BCUT2D eigenvalue weighted by Gasteiger charge is 2.14. The van der Waals surface area contributed by atoms with Crippen LogP contribution in [0.1, 0.15) is 37.0 Å². The number of anilines is 1. The molecule has 1 amide bonds. The zero-order valence-corrected chi connectivity index (χ0v) is 17.7. The highest BCUT2D eigenvalue weighted by Crippen LogP contribution is 2.24. The van der Waals surface area contributed by atoms with Crippen molar-refractivity contribution < 1.29 is 19.0 Å². The molecule has 0 atom stereocenters. The lowest BCUT2D eigenvalue weighted by Gasteiger charge is -2.15. The number of hydrogen-bond acceptors (Lipinski definition) is 5. The Hall–Kier alpha value is -2.64. The predicted octanol–water partition coefficient (Wildman–Crippen LogP) is 4.41. The summed E-state index contributed by atoms with van der Waals surface area (Å²) in [7, 11) is 0. The van der Waals surface area contributed by atoms with Crippen molar-refractivity contribution in [1.82, 2.24) is 5.32 Å². The van der Waals surface area contributed by atoms with Crippen molar-refractivity contribution >= 4 is 28.9 Å². The fourth-order valence-corrected chi connectivity index (χ4v) is 2.68. The molecule has 0 aliphatic carbocycles. The molecular formula is C22H28N2O4S. The number of ether oxygens (including phenoxy) is 3. The molecule has 6 nitrogen and oxygen atoms in total. The third kappa shape index (κ3) is 7.71. The maximum absolute atomic E-state index is 12.7. The summed E-state index contributed by atoms with van der Waals surface area (Å²) in [5, 5.41) is 5.91. The average Bonchev–Trinajstić information content (AvgIpc) is 2.73. The second-order valence-electron chi connectivity index (χ2n) is 6.15. The van der Waals surface area contributed by atoms with Crippen LogP contribution in [0.5, 0.6) is 11.5 Å². The van der Waals surface area contributed by atoms with Crippen LogP contribution in [-0.4, -0.2) is 37.4 Å². The summed E-state index contributed by atoms with van der Waals surface area (Å²) < 4.78 is 16.7. The molecule has 2 rings (SSSR count). The molecule has 0 fully saturated rings. The van der Waals surface area contributed by atoms with Crippen molar-refractivity contribution in [2.75, 3.05) is 31.7 Å². The molecule has 156 valence electrons. The van der Waals surface area contributed by atoms with Gasteiger partial charge in [0, 0.05) is 6.61 Å². The van der Waals surface area contributed by atoms with E-state index in [2.05, 4.69) is 17.6 Å². The SMILES string of the molecule is CCCCOc1ccccc1NC(=S)NC(=O)c1ccccc1OCCOCC. The van der Waals surface area contributed by atoms with E-state index in [-0.39, 0.29) is 11.0 Å². The van der Waals surface area contributed by atoms with Gasteiger partial charge in [-0.2, -0.15) is 0 Å². The number of thiocarbonyl (C=S) groups is 1. The molecule has 2 aromatic carbocycles. The van der Waals surface area contributed by atoms with Gasteiger partial charge in [0.15, 0.2) is 5.11 Å². The minimum atomic E-state index is -0.348. The summed E-state index contributed by atoms with van der Waals surface area (Å²) >= 11 is 5.31. The van der Waals surface area contributed by atoms with Gasteiger partial charge in [-0.3, -0.25) is 10.1 Å². The molecule has 0 radical (unpaired) electrons. The molecule has 0 heterocycles. The van der Waals surface area contributed by atoms with E-state index in [1.165, 1.54) is 0 Å². The van der Waals surface area contributed by atoms with E-state index in [1.54, 1.807) is 18.2 Å². The van der Waals surface area contributed by atoms with Crippen molar-refractivity contribution in [2.45, 2.75) is 26.7 Å². The molecule has 0 bridgehead atoms. The first kappa shape index (κ1) is 22.6. The lowest BCUT2D eigenvalue weighted by molar-refractivity contribution is 0.0958. The topological polar surface area (TPSA) is 68.8 Å². The molecule has 0 unspecified atom stereocenters. The molecule has 2 aromatic rings. The zero-order valence-electron chi connectivity index (χ0n) is 16.9. The number of unbranched alkanes of at least 4 members (excludes halogenated alkanes) is 1. The molecule has 0 aromatic heterocycles. The van der Waals surface area contributed by atoms with Gasteiger partial charge in [-0.05, 0) is 49.8 Å². The van der Waals surface area contributed by atoms with Crippen LogP contribution in [0.25, 0.3) is 0 Å². The van der Waals surface area contributed by atoms with Crippen LogP contribution in [0.4, 0.5) is 5.69 Å². The van der Waals surface area contributed by atoms with E-state index >= 15 is 0 Å². The number of hydrogen-bond donors (Lipinski definition) is 2. The molecule has 29 heavy (non-hydrogen) atoms. The quantitative estimate of drug-likeness (QED) is 0.418. The van der Waals surface area contributed by atoms with Gasteiger partial charge in [-0.1, -0.05) is 37.6 Å². The fourth-order valence-electron chi connectivity index (χ4n) is 2.48. The van der Waals surface area contributed by atoms with E-state index in [4.69, 9.17) is 26.4 Å². The molecule has 7 heteroatoms. The van der Waals surface area contributed by atoms with Gasteiger partial charge in [0.1, 0.15) is 18.1 Å². The standard InChI is InChI=1S/C22H28N2O4S/c1-3-5-14-27-20-13-9-7-11-18(20)23-22(29)24-21(25)17-10-6-8-12-19(17)28-16-15-26-4-2/h6-13H,3-5,14-16H2,1-2H3,(H2,23,24,25,29). The largest absolute Gasteiger partial charge is 0.491 e. The summed E-state index contributed by atoms with van der Waals surface area (Å²) in [6, 6.07) is 14.5. The Kier molecular flexibility index (Phi) is 9.95. The summed E-state index contributed by atoms with van der Waals surface area (Å²) in [4.78, 5) is 12.7. The van der Waals surface area contributed by atoms with Gasteiger partial charge >= 0.3 is 0 Å². The van der Waals surface area contributed by atoms with Gasteiger partial charge in [-0.25, -0.2) is 0 Å². The van der Waals surface area contributed by atoms with Crippen molar-refractivity contribution in [2.24, 2.45) is 0 Å². The number of nitrogens with one attached hydrogen (secondary N) is 2. The number of carbonyl (C=O) groups excluding carboxylic acids is 1. The molecule has 0 saturated heterocycles. The summed E-state index contributed by atoms with van der Waals surface area (Å²) in [6.07, 6.45) is 2.02. The maximum Gasteiger partial charge on any atom is 0.261 e. The fraction of sp³-hybridized carbons (Fsp3) is 0.364. The van der Waals surface area contributed by atoms with Gasteiger partial charge < -0.3 is 19.5 Å². The summed E-state index contributed by atoms with van der Waals surface area (Å²) in [5.41, 5.74) is 1.11. The van der Waals surface area contributed by atoms with Gasteiger partial charge in [0.25, 0.3) is 5.91 Å². The Labute approximate surface area is 177 Å². The van der Waals surface area contributed by atoms with Gasteiger partial charge in [0.2, 0.25) is 0 Å². The number of para-hydroxylation sites is 3. The van der Waals surface area contributed by atoms with Crippen molar-refractivity contribution in [1.29, 1.82) is 0 Å². The van der Waals surface area contributed by atoms with Crippen LogP contribution in [0.15, 0.2) is 48.5 Å². The Morgan fingerprint density at radius 1 is 0.931 bits per heavy atom. The van der Waals surface area contributed by atoms with Crippen LogP contribution in [0.3, 0.4) is 0 Å². The lowest BCUT2D eigenvalue weighted by Crippen LogP contribution is -2.34. The Morgan fingerprint density at radius 2 is 1.62 bits per heavy atom. The molecular weight excluding hydrogens is 388 g/mol. The minimum Gasteiger partial charge on any atom is -0.491 e. The van der Waals surface area contributed by atoms with Crippen LogP contribution >= 0.6 is 12.2 Å². The second kappa shape index (κ2) is 12.7. The number of carbonyl (C=O) groups is 1. The highest BCUT2D eigenvalue weighted by atomic mass is 32.1. The molecule has 0 saturated carbocycles. The molecule has 0 aliphatic rings. The maximum atomic E-state index is 12.7. The van der Waals surface area contributed by atoms with Crippen LogP contribution in [0.2, 0.25) is 0 Å². The van der Waals surface area contributed by atoms with E-state index in [0.29, 0.717) is 49.2 Å². The Balaban J connectivity index is 1.97. The summed E-state index contributed by atoms with van der Waals surface area (Å²) in [6.45, 7) is 6.10. The predicted molar refractivity (Wildman–Crippen MR) is 119 cm³/mol. The molecule has 0 spiro atoms. The normalized spacial score (nSPS) is 10.3. The monoisotopic (exact) mass is 416 g/mol. The molecule has 2 N–H and O–H groups in total. The molecule has 0 aliphatic heterocycles. The third-order valence-corrected chi connectivity index (χ3v) is 4.14. The number of amides is 1. The van der Waals surface area contributed by atoms with E-state index in [0.717, 1.165) is 12.8 Å². The van der Waals surface area contributed by atoms with E-state index in [1.807, 2.05) is 37.3 Å². The lowest BCUT2D eigenvalue weighted by atomic mass is 10.2. The minimum absolute atomic E-state index is 0.186. The van der Waals surface area contributed by atoms with Crippen LogP contribution in [0, 0.1) is 0 Å². The highest BCUT2D eigenvalue weighted by molar-refractivity contribution is 7.80. The van der Waals surface area contributed by atoms with Crippen LogP contribution < -0.4 is 20.1 Å². The number of benzene rings is 2. The third-order valence-electron chi connectivity index (χ3n) is 3.94. The Morgan fingerprint density at radius 3 is 2.38 bits per heavy atom. The van der Waals surface area contributed by atoms with Crippen molar-refractivity contribution in [3.05, 3.63) is 54.1 Å². The van der Waals surface area contributed by atoms with E-state index in [9.17, 15) is 4.79 Å². The zero-order chi connectivity index (χ0) is 20.9. The Bertz CT molecular complexity index is 798. The second-order valence-corrected chi connectivity index (χ2v) is 6.56. The van der Waals surface area contributed by atoms with Crippen molar-refractivity contribution in [3.63, 3.8) is 0 Å². The van der Waals surface area contributed by atoms with Crippen molar-refractivity contribution in [3.8, 4) is 11.5 Å². The van der Waals surface area contributed by atoms with Crippen LogP contribution in [-0.2, 0) is 4.74 Å². The number of rotatable bonds is 11. The summed E-state index contributed by atoms with van der Waals surface area (Å²) in [5.74, 6) is 0.826. The average molecular weight is 417 g/mol.